The highest BCUT2D eigenvalue weighted by molar-refractivity contribution is 8.77. The second kappa shape index (κ2) is 18.3. The zero-order valence-electron chi connectivity index (χ0n) is 23.2. The van der Waals surface area contributed by atoms with Crippen molar-refractivity contribution >= 4 is 51.1 Å². The number of aliphatic carboxylic acids is 1. The molecule has 2 heterocycles. The molecule has 0 aromatic heterocycles. The first-order chi connectivity index (χ1) is 19.2. The van der Waals surface area contributed by atoms with Crippen LogP contribution in [0.1, 0.15) is 57.4 Å². The predicted molar refractivity (Wildman–Crippen MR) is 160 cm³/mol. The molecular formula is C28H39ClN2O7S2. The number of carbonyl (C=O) groups is 3. The maximum atomic E-state index is 12.9. The smallest absolute Gasteiger partial charge is 0.336 e. The van der Waals surface area contributed by atoms with Gasteiger partial charge in [-0.2, -0.15) is 0 Å². The number of ether oxygens (including phenoxy) is 3. The maximum Gasteiger partial charge on any atom is 0.336 e. The normalized spacial score (nSPS) is 18.5. The summed E-state index contributed by atoms with van der Waals surface area (Å²) in [6.07, 6.45) is 4.76. The largest absolute Gasteiger partial charge is 0.481 e. The topological polar surface area (TPSA) is 137 Å². The van der Waals surface area contributed by atoms with E-state index in [0.717, 1.165) is 18.1 Å². The molecule has 1 saturated heterocycles. The Morgan fingerprint density at radius 3 is 2.52 bits per heavy atom. The third kappa shape index (κ3) is 10.3. The van der Waals surface area contributed by atoms with E-state index in [-0.39, 0.29) is 18.8 Å². The number of methoxy groups -OCH3 is 1. The first kappa shape index (κ1) is 34.0. The first-order valence-corrected chi connectivity index (χ1v) is 16.0. The third-order valence-corrected chi connectivity index (χ3v) is 9.52. The van der Waals surface area contributed by atoms with Gasteiger partial charge in [-0.15, -0.1) is 0 Å². The van der Waals surface area contributed by atoms with Crippen LogP contribution >= 0.6 is 33.2 Å². The van der Waals surface area contributed by atoms with Crippen molar-refractivity contribution in [3.8, 4) is 0 Å². The molecule has 0 amide bonds. The third-order valence-electron chi connectivity index (χ3n) is 6.16. The molecule has 0 spiro atoms. The van der Waals surface area contributed by atoms with E-state index in [4.69, 9.17) is 36.7 Å². The number of halogens is 1. The van der Waals surface area contributed by atoms with E-state index in [1.165, 1.54) is 25.7 Å². The molecule has 2 aliphatic heterocycles. The van der Waals surface area contributed by atoms with Crippen molar-refractivity contribution in [2.75, 3.05) is 39.2 Å². The van der Waals surface area contributed by atoms with Gasteiger partial charge in [0.15, 0.2) is 0 Å². The van der Waals surface area contributed by atoms with Gasteiger partial charge in [0.05, 0.1) is 49.7 Å². The maximum absolute atomic E-state index is 12.9. The van der Waals surface area contributed by atoms with E-state index in [9.17, 15) is 14.4 Å². The molecule has 9 nitrogen and oxygen atoms in total. The Hall–Kier alpha value is -2.18. The number of carboxylic acid groups (broad SMARTS) is 1. The molecule has 2 atom stereocenters. The number of nitrogens with one attached hydrogen (secondary N) is 1. The number of unbranched alkanes of at least 4 members (excludes halogenated alkanes) is 1. The van der Waals surface area contributed by atoms with Crippen LogP contribution in [0.2, 0.25) is 5.02 Å². The second-order valence-electron chi connectivity index (χ2n) is 9.03. The van der Waals surface area contributed by atoms with Gasteiger partial charge in [0, 0.05) is 34.7 Å². The molecule has 222 valence electrons. The van der Waals surface area contributed by atoms with Crippen LogP contribution < -0.4 is 11.1 Å². The van der Waals surface area contributed by atoms with Crippen LogP contribution in [0.25, 0.3) is 0 Å². The first-order valence-electron chi connectivity index (χ1n) is 13.2. The van der Waals surface area contributed by atoms with Crippen LogP contribution in [-0.2, 0) is 28.6 Å². The Labute approximate surface area is 249 Å². The number of esters is 2. The molecule has 40 heavy (non-hydrogen) atoms. The van der Waals surface area contributed by atoms with Crippen LogP contribution in [0.3, 0.4) is 0 Å². The Kier molecular flexibility index (Phi) is 15.6. The van der Waals surface area contributed by atoms with E-state index in [2.05, 4.69) is 5.32 Å². The lowest BCUT2D eigenvalue weighted by Gasteiger charge is -2.31. The van der Waals surface area contributed by atoms with E-state index >= 15 is 0 Å². The molecule has 1 unspecified atom stereocenters. The minimum absolute atomic E-state index is 0.109. The van der Waals surface area contributed by atoms with Gasteiger partial charge in [0.25, 0.3) is 0 Å². The average Bonchev–Trinajstić information content (AvgIpc) is 3.45. The summed E-state index contributed by atoms with van der Waals surface area (Å²) in [6, 6.07) is 7.05. The number of nitrogens with two attached hydrogens (primary N) is 1. The molecular weight excluding hydrogens is 576 g/mol. The van der Waals surface area contributed by atoms with Crippen molar-refractivity contribution in [3.63, 3.8) is 0 Å². The molecule has 12 heteroatoms. The van der Waals surface area contributed by atoms with Gasteiger partial charge in [0.1, 0.15) is 0 Å². The lowest BCUT2D eigenvalue weighted by Crippen LogP contribution is -2.35. The Balaban J connectivity index is 0.000000389. The van der Waals surface area contributed by atoms with Gasteiger partial charge < -0.3 is 30.4 Å². The van der Waals surface area contributed by atoms with Crippen LogP contribution in [-0.4, -0.2) is 67.5 Å². The average molecular weight is 615 g/mol. The fourth-order valence-electron chi connectivity index (χ4n) is 4.33. The molecule has 3 rings (SSSR count). The second-order valence-corrected chi connectivity index (χ2v) is 12.2. The van der Waals surface area contributed by atoms with Crippen molar-refractivity contribution in [2.24, 2.45) is 5.73 Å². The fourth-order valence-corrected chi connectivity index (χ4v) is 7.60. The molecule has 0 aliphatic carbocycles. The molecule has 1 aromatic carbocycles. The molecule has 0 saturated carbocycles. The standard InChI is InChI=1S/C20H25ClN2O5.C8H14O2S2/c1-4-28-20(25)18-15(11-27-10-9-22)23-12(2)16(19(24)26-3)17(18)13-7-5-6-8-14(13)21;9-8(10)4-2-1-3-7-5-6-11-12-7/h5-8,17,23H,4,9-11,22H2,1-3H3;7H,1-6H2,(H,9,10)/t;7-/m.0/s1. The summed E-state index contributed by atoms with van der Waals surface area (Å²) in [5.41, 5.74) is 7.70. The number of dihydropyridines is 1. The van der Waals surface area contributed by atoms with E-state index in [1.807, 2.05) is 21.6 Å². The number of rotatable bonds is 13. The number of allylic oxidation sites excluding steroid dienone is 1. The molecule has 0 radical (unpaired) electrons. The SMILES string of the molecule is CCOC(=O)C1=C(COCCN)NC(C)=C(C(=O)OC)C1c1ccccc1Cl.O=C(O)CCCC[C@H]1CCSS1. The van der Waals surface area contributed by atoms with Crippen LogP contribution in [0.4, 0.5) is 0 Å². The summed E-state index contributed by atoms with van der Waals surface area (Å²) in [7, 11) is 5.21. The van der Waals surface area contributed by atoms with Crippen LogP contribution in [0, 0.1) is 0 Å². The highest BCUT2D eigenvalue weighted by atomic mass is 35.5. The molecule has 2 aliphatic rings. The molecule has 1 fully saturated rings. The van der Waals surface area contributed by atoms with Crippen molar-refractivity contribution in [1.82, 2.24) is 5.32 Å². The van der Waals surface area contributed by atoms with E-state index in [0.29, 0.717) is 47.1 Å². The Morgan fingerprint density at radius 2 is 1.93 bits per heavy atom. The van der Waals surface area contributed by atoms with Gasteiger partial charge in [0.2, 0.25) is 0 Å². The minimum atomic E-state index is -0.752. The minimum Gasteiger partial charge on any atom is -0.481 e. The predicted octanol–water partition coefficient (Wildman–Crippen LogP) is 5.05. The number of carboxylic acids is 1. The molecule has 1 aromatic rings. The monoisotopic (exact) mass is 614 g/mol. The van der Waals surface area contributed by atoms with Gasteiger partial charge >= 0.3 is 17.9 Å². The van der Waals surface area contributed by atoms with Gasteiger partial charge in [-0.25, -0.2) is 9.59 Å². The highest BCUT2D eigenvalue weighted by Crippen LogP contribution is 2.42. The molecule has 0 bridgehead atoms. The van der Waals surface area contributed by atoms with Crippen LogP contribution in [0.15, 0.2) is 46.8 Å². The summed E-state index contributed by atoms with van der Waals surface area (Å²) in [5.74, 6) is -1.26. The van der Waals surface area contributed by atoms with Crippen molar-refractivity contribution in [1.29, 1.82) is 0 Å². The lowest BCUT2D eigenvalue weighted by molar-refractivity contribution is -0.139. The Morgan fingerprint density at radius 1 is 1.18 bits per heavy atom. The lowest BCUT2D eigenvalue weighted by atomic mass is 9.80. The highest BCUT2D eigenvalue weighted by Gasteiger charge is 2.39. The zero-order chi connectivity index (χ0) is 29.5. The van der Waals surface area contributed by atoms with Gasteiger partial charge in [-0.05, 0) is 44.7 Å². The van der Waals surface area contributed by atoms with Crippen molar-refractivity contribution in [3.05, 3.63) is 57.4 Å². The summed E-state index contributed by atoms with van der Waals surface area (Å²) >= 11 is 6.42. The summed E-state index contributed by atoms with van der Waals surface area (Å²) < 4.78 is 15.8. The Bertz CT molecular complexity index is 1070. The van der Waals surface area contributed by atoms with Gasteiger partial charge in [-0.1, -0.05) is 57.8 Å². The summed E-state index contributed by atoms with van der Waals surface area (Å²) in [4.78, 5) is 35.6. The number of carbonyl (C=O) groups excluding carboxylic acids is 2. The van der Waals surface area contributed by atoms with Crippen molar-refractivity contribution in [2.45, 2.75) is 57.1 Å². The summed E-state index contributed by atoms with van der Waals surface area (Å²) in [6.45, 7) is 4.42. The van der Waals surface area contributed by atoms with E-state index < -0.39 is 23.8 Å². The number of hydrogen-bond donors (Lipinski definition) is 3. The van der Waals surface area contributed by atoms with Crippen LogP contribution in [0.5, 0.6) is 0 Å². The summed E-state index contributed by atoms with van der Waals surface area (Å²) in [5, 5.41) is 12.7. The van der Waals surface area contributed by atoms with Crippen molar-refractivity contribution < 1.29 is 33.7 Å². The fraction of sp³-hybridized carbons (Fsp3) is 0.536. The zero-order valence-corrected chi connectivity index (χ0v) is 25.6. The van der Waals surface area contributed by atoms with Gasteiger partial charge in [-0.3, -0.25) is 4.79 Å². The number of hydrogen-bond acceptors (Lipinski definition) is 10. The van der Waals surface area contributed by atoms with E-state index in [1.54, 1.807) is 38.1 Å². The quantitative estimate of drug-likeness (QED) is 0.156. The molecule has 4 N–H and O–H groups in total. The number of benzene rings is 1.